The molecule has 0 saturated carbocycles. The molecule has 0 radical (unpaired) electrons. The molecule has 1 unspecified atom stereocenters. The molecule has 1 atom stereocenters. The van der Waals surface area contributed by atoms with Crippen LogP contribution in [0.3, 0.4) is 0 Å². The van der Waals surface area contributed by atoms with Gasteiger partial charge in [0.2, 0.25) is 11.2 Å². The van der Waals surface area contributed by atoms with Gasteiger partial charge < -0.3 is 10.1 Å². The van der Waals surface area contributed by atoms with E-state index in [9.17, 15) is 8.42 Å². The van der Waals surface area contributed by atoms with E-state index in [-0.39, 0.29) is 34.8 Å². The van der Waals surface area contributed by atoms with Crippen molar-refractivity contribution < 1.29 is 13.2 Å². The Labute approximate surface area is 110 Å². The molecular weight excluding hydrogens is 280 g/mol. The lowest BCUT2D eigenvalue weighted by atomic mass is 10.2. The Kier molecular flexibility index (Phi) is 3.86. The Morgan fingerprint density at radius 1 is 1.39 bits per heavy atom. The number of hydrogen-bond donors (Lipinski definition) is 1. The summed E-state index contributed by atoms with van der Waals surface area (Å²) in [6, 6.07) is -0.108. The van der Waals surface area contributed by atoms with Gasteiger partial charge in [0, 0.05) is 6.04 Å². The zero-order valence-corrected chi connectivity index (χ0v) is 11.3. The van der Waals surface area contributed by atoms with Gasteiger partial charge in [-0.2, -0.15) is 15.0 Å². The van der Waals surface area contributed by atoms with Crippen LogP contribution in [-0.4, -0.2) is 48.0 Å². The third-order valence-corrected chi connectivity index (χ3v) is 4.56. The molecule has 100 valence electrons. The normalized spacial score (nSPS) is 22.4. The van der Waals surface area contributed by atoms with Crippen LogP contribution < -0.4 is 10.1 Å². The van der Waals surface area contributed by atoms with E-state index >= 15 is 0 Å². The van der Waals surface area contributed by atoms with Crippen LogP contribution in [0.2, 0.25) is 5.28 Å². The summed E-state index contributed by atoms with van der Waals surface area (Å²) < 4.78 is 27.9. The fourth-order valence-electron chi connectivity index (χ4n) is 1.81. The zero-order chi connectivity index (χ0) is 13.2. The van der Waals surface area contributed by atoms with Crippen LogP contribution in [0.25, 0.3) is 0 Å². The van der Waals surface area contributed by atoms with Crippen LogP contribution in [0.5, 0.6) is 6.01 Å². The summed E-state index contributed by atoms with van der Waals surface area (Å²) in [4.78, 5) is 11.6. The molecule has 1 fully saturated rings. The highest BCUT2D eigenvalue weighted by Crippen LogP contribution is 2.17. The number of nitrogens with zero attached hydrogens (tertiary/aromatic N) is 3. The van der Waals surface area contributed by atoms with E-state index in [0.717, 1.165) is 6.42 Å². The third kappa shape index (κ3) is 3.42. The first-order valence-corrected chi connectivity index (χ1v) is 7.61. The smallest absolute Gasteiger partial charge is 0.322 e. The molecule has 0 bridgehead atoms. The molecule has 9 heteroatoms. The molecular formula is C9H13ClN4O3S. The van der Waals surface area contributed by atoms with E-state index in [0.29, 0.717) is 6.42 Å². The van der Waals surface area contributed by atoms with Gasteiger partial charge in [0.15, 0.2) is 9.84 Å². The Morgan fingerprint density at radius 2 is 2.17 bits per heavy atom. The van der Waals surface area contributed by atoms with Gasteiger partial charge in [-0.25, -0.2) is 8.42 Å². The molecule has 1 aliphatic heterocycles. The Bertz CT molecular complexity index is 537. The van der Waals surface area contributed by atoms with Crippen molar-refractivity contribution in [1.29, 1.82) is 0 Å². The predicted octanol–water partition coefficient (Wildman–Crippen LogP) is 0.523. The molecule has 2 rings (SSSR count). The van der Waals surface area contributed by atoms with Crippen molar-refractivity contribution in [3.63, 3.8) is 0 Å². The van der Waals surface area contributed by atoms with Gasteiger partial charge in [-0.15, -0.1) is 0 Å². The van der Waals surface area contributed by atoms with Gasteiger partial charge >= 0.3 is 6.01 Å². The predicted molar refractivity (Wildman–Crippen MR) is 66.7 cm³/mol. The molecule has 7 nitrogen and oxygen atoms in total. The van der Waals surface area contributed by atoms with Crippen LogP contribution in [0.4, 0.5) is 5.95 Å². The maximum absolute atomic E-state index is 11.5. The van der Waals surface area contributed by atoms with E-state index < -0.39 is 9.84 Å². The second-order valence-electron chi connectivity index (χ2n) is 4.01. The van der Waals surface area contributed by atoms with Crippen molar-refractivity contribution in [3.05, 3.63) is 5.28 Å². The zero-order valence-electron chi connectivity index (χ0n) is 9.76. The Hall–Kier alpha value is -1.15. The first kappa shape index (κ1) is 13.3. The maximum Gasteiger partial charge on any atom is 0.322 e. The summed E-state index contributed by atoms with van der Waals surface area (Å²) in [6.07, 6.45) is 1.39. The molecule has 0 amide bonds. The maximum atomic E-state index is 11.5. The van der Waals surface area contributed by atoms with E-state index in [1.54, 1.807) is 0 Å². The Morgan fingerprint density at radius 3 is 2.83 bits per heavy atom. The second-order valence-corrected chi connectivity index (χ2v) is 6.58. The number of aromatic nitrogens is 3. The van der Waals surface area contributed by atoms with Crippen molar-refractivity contribution in [1.82, 2.24) is 15.0 Å². The van der Waals surface area contributed by atoms with Crippen LogP contribution in [-0.2, 0) is 9.84 Å². The first-order chi connectivity index (χ1) is 8.48. The highest BCUT2D eigenvalue weighted by atomic mass is 35.5. The average molecular weight is 293 g/mol. The molecule has 1 aromatic rings. The summed E-state index contributed by atoms with van der Waals surface area (Å²) in [6.45, 7) is 0. The minimum absolute atomic E-state index is 0.00279. The van der Waals surface area contributed by atoms with Gasteiger partial charge in [0.1, 0.15) is 0 Å². The second kappa shape index (κ2) is 5.23. The molecule has 1 aromatic heterocycles. The monoisotopic (exact) mass is 292 g/mol. The fraction of sp³-hybridized carbons (Fsp3) is 0.667. The number of nitrogens with one attached hydrogen (secondary N) is 1. The van der Waals surface area contributed by atoms with Crippen molar-refractivity contribution in [2.45, 2.75) is 18.9 Å². The van der Waals surface area contributed by atoms with Crippen molar-refractivity contribution >= 4 is 27.4 Å². The fourth-order valence-corrected chi connectivity index (χ4v) is 3.60. The molecule has 0 aromatic carbocycles. The average Bonchev–Trinajstić information content (AvgIpc) is 2.26. The highest BCUT2D eigenvalue weighted by molar-refractivity contribution is 7.91. The number of halogens is 1. The number of methoxy groups -OCH3 is 1. The highest BCUT2D eigenvalue weighted by Gasteiger charge is 2.25. The summed E-state index contributed by atoms with van der Waals surface area (Å²) in [5.41, 5.74) is 0. The van der Waals surface area contributed by atoms with Crippen LogP contribution in [0.15, 0.2) is 0 Å². The number of hydrogen-bond acceptors (Lipinski definition) is 7. The number of anilines is 1. The lowest BCUT2D eigenvalue weighted by molar-refractivity contribution is 0.378. The molecule has 0 aliphatic carbocycles. The van der Waals surface area contributed by atoms with E-state index in [4.69, 9.17) is 16.3 Å². The molecule has 1 aliphatic rings. The summed E-state index contributed by atoms with van der Waals surface area (Å²) in [5.74, 6) is 0.555. The molecule has 18 heavy (non-hydrogen) atoms. The molecule has 0 spiro atoms. The summed E-state index contributed by atoms with van der Waals surface area (Å²) in [5, 5.41) is 2.95. The van der Waals surface area contributed by atoms with E-state index in [1.165, 1.54) is 7.11 Å². The van der Waals surface area contributed by atoms with Gasteiger partial charge in [-0.3, -0.25) is 0 Å². The van der Waals surface area contributed by atoms with Crippen molar-refractivity contribution in [2.75, 3.05) is 23.9 Å². The van der Waals surface area contributed by atoms with Gasteiger partial charge in [0.05, 0.1) is 18.6 Å². The van der Waals surface area contributed by atoms with Crippen molar-refractivity contribution in [3.8, 4) is 6.01 Å². The number of rotatable bonds is 3. The minimum Gasteiger partial charge on any atom is -0.467 e. The molecule has 1 saturated heterocycles. The quantitative estimate of drug-likeness (QED) is 0.868. The van der Waals surface area contributed by atoms with Crippen LogP contribution >= 0.6 is 11.6 Å². The SMILES string of the molecule is COc1nc(Cl)nc(NC2CCCS(=O)(=O)C2)n1. The lowest BCUT2D eigenvalue weighted by Crippen LogP contribution is -2.35. The molecule has 1 N–H and O–H groups in total. The summed E-state index contributed by atoms with van der Waals surface area (Å²) >= 11 is 5.70. The van der Waals surface area contributed by atoms with Gasteiger partial charge in [-0.1, -0.05) is 0 Å². The number of ether oxygens (including phenoxy) is 1. The van der Waals surface area contributed by atoms with Crippen LogP contribution in [0, 0.1) is 0 Å². The lowest BCUT2D eigenvalue weighted by Gasteiger charge is -2.22. The van der Waals surface area contributed by atoms with Gasteiger partial charge in [0.25, 0.3) is 0 Å². The largest absolute Gasteiger partial charge is 0.467 e. The summed E-state index contributed by atoms with van der Waals surface area (Å²) in [7, 11) is -1.56. The molecule has 2 heterocycles. The topological polar surface area (TPSA) is 94.1 Å². The van der Waals surface area contributed by atoms with E-state index in [2.05, 4.69) is 20.3 Å². The Balaban J connectivity index is 2.11. The number of sulfone groups is 1. The van der Waals surface area contributed by atoms with Gasteiger partial charge in [-0.05, 0) is 24.4 Å². The minimum atomic E-state index is -2.98. The first-order valence-electron chi connectivity index (χ1n) is 5.41. The third-order valence-electron chi connectivity index (χ3n) is 2.57. The van der Waals surface area contributed by atoms with Crippen LogP contribution in [0.1, 0.15) is 12.8 Å². The van der Waals surface area contributed by atoms with E-state index in [1.807, 2.05) is 0 Å². The standard InChI is InChI=1S/C9H13ClN4O3S/c1-17-9-13-7(10)12-8(14-9)11-6-3-2-4-18(15,16)5-6/h6H,2-5H2,1H3,(H,11,12,13,14). The van der Waals surface area contributed by atoms with Crippen molar-refractivity contribution in [2.24, 2.45) is 0 Å².